The van der Waals surface area contributed by atoms with Crippen molar-refractivity contribution in [2.75, 3.05) is 4.72 Å². The Labute approximate surface area is 129 Å². The molecule has 0 atom stereocenters. The molecule has 0 saturated carbocycles. The lowest BCUT2D eigenvalue weighted by molar-refractivity contribution is 0.1000. The van der Waals surface area contributed by atoms with Crippen LogP contribution in [0.15, 0.2) is 27.8 Å². The van der Waals surface area contributed by atoms with Gasteiger partial charge in [0.15, 0.2) is 4.60 Å². The lowest BCUT2D eigenvalue weighted by Gasteiger charge is -2.11. The summed E-state index contributed by atoms with van der Waals surface area (Å²) in [5.74, 6) is -0.578. The highest BCUT2D eigenvalue weighted by Crippen LogP contribution is 2.23. The quantitative estimate of drug-likeness (QED) is 0.820. The number of primary amides is 1. The molecule has 1 aromatic carbocycles. The number of amides is 1. The molecule has 3 N–H and O–H groups in total. The van der Waals surface area contributed by atoms with Gasteiger partial charge in [0.05, 0.1) is 5.69 Å². The molecule has 2 aromatic rings. The third kappa shape index (κ3) is 3.05. The van der Waals surface area contributed by atoms with Crippen molar-refractivity contribution in [2.45, 2.75) is 11.9 Å². The number of nitrogens with two attached hydrogens (primary N) is 1. The highest BCUT2D eigenvalue weighted by Gasteiger charge is 2.24. The standard InChI is InChI=1S/C11H12BrN5O3S/c1-6-5-7(10(13)18)3-4-8(6)15-21(19,20)11-9(12)14-16-17(11)2/h3-5,15H,1-2H3,(H2,13,18). The molecule has 1 amide bonds. The number of rotatable bonds is 4. The summed E-state index contributed by atoms with van der Waals surface area (Å²) in [6, 6.07) is 4.44. The summed E-state index contributed by atoms with van der Waals surface area (Å²) in [5.41, 5.74) is 6.39. The van der Waals surface area contributed by atoms with E-state index >= 15 is 0 Å². The molecule has 1 heterocycles. The van der Waals surface area contributed by atoms with E-state index in [-0.39, 0.29) is 9.63 Å². The zero-order valence-corrected chi connectivity index (χ0v) is 13.6. The van der Waals surface area contributed by atoms with Crippen molar-refractivity contribution in [3.05, 3.63) is 33.9 Å². The van der Waals surface area contributed by atoms with Crippen LogP contribution in [-0.2, 0) is 17.1 Å². The molecule has 0 saturated heterocycles. The van der Waals surface area contributed by atoms with Crippen molar-refractivity contribution in [3.63, 3.8) is 0 Å². The highest BCUT2D eigenvalue weighted by atomic mass is 79.9. The summed E-state index contributed by atoms with van der Waals surface area (Å²) in [6.45, 7) is 1.67. The first kappa shape index (κ1) is 15.4. The smallest absolute Gasteiger partial charge is 0.281 e. The Bertz CT molecular complexity index is 796. The first-order valence-electron chi connectivity index (χ1n) is 5.71. The first-order chi connectivity index (χ1) is 9.72. The van der Waals surface area contributed by atoms with Gasteiger partial charge in [0.2, 0.25) is 10.9 Å². The molecule has 1 aromatic heterocycles. The summed E-state index contributed by atoms with van der Waals surface area (Å²) in [7, 11) is -2.39. The molecule has 0 aliphatic heterocycles. The maximum atomic E-state index is 12.3. The van der Waals surface area contributed by atoms with Crippen molar-refractivity contribution >= 4 is 37.5 Å². The van der Waals surface area contributed by atoms with Gasteiger partial charge in [-0.3, -0.25) is 9.52 Å². The number of sulfonamides is 1. The normalized spacial score (nSPS) is 11.4. The molecular weight excluding hydrogens is 362 g/mol. The minimum atomic E-state index is -3.86. The third-order valence-corrected chi connectivity index (χ3v) is 5.00. The fourth-order valence-corrected chi connectivity index (χ4v) is 3.96. The molecule has 0 aliphatic rings. The number of aromatic nitrogens is 3. The Hall–Kier alpha value is -1.94. The number of halogens is 1. The van der Waals surface area contributed by atoms with Crippen LogP contribution in [0, 0.1) is 6.92 Å². The van der Waals surface area contributed by atoms with E-state index in [1.165, 1.54) is 25.2 Å². The van der Waals surface area contributed by atoms with Crippen LogP contribution in [0.4, 0.5) is 5.69 Å². The van der Waals surface area contributed by atoms with Gasteiger partial charge in [-0.05, 0) is 46.6 Å². The van der Waals surface area contributed by atoms with Gasteiger partial charge in [0.1, 0.15) is 0 Å². The number of benzene rings is 1. The van der Waals surface area contributed by atoms with Gasteiger partial charge < -0.3 is 5.73 Å². The second-order valence-electron chi connectivity index (χ2n) is 4.31. The molecule has 21 heavy (non-hydrogen) atoms. The van der Waals surface area contributed by atoms with Crippen molar-refractivity contribution in [1.29, 1.82) is 0 Å². The minimum Gasteiger partial charge on any atom is -0.366 e. The number of nitrogens with one attached hydrogen (secondary N) is 1. The van der Waals surface area contributed by atoms with Gasteiger partial charge in [-0.15, -0.1) is 5.10 Å². The van der Waals surface area contributed by atoms with Crippen LogP contribution >= 0.6 is 15.9 Å². The van der Waals surface area contributed by atoms with Crippen molar-refractivity contribution < 1.29 is 13.2 Å². The van der Waals surface area contributed by atoms with Crippen molar-refractivity contribution in [3.8, 4) is 0 Å². The molecule has 8 nitrogen and oxygen atoms in total. The van der Waals surface area contributed by atoms with E-state index < -0.39 is 15.9 Å². The average molecular weight is 374 g/mol. The fraction of sp³-hybridized carbons (Fsp3) is 0.182. The second-order valence-corrected chi connectivity index (χ2v) is 6.66. The monoisotopic (exact) mass is 373 g/mol. The van der Waals surface area contributed by atoms with Gasteiger partial charge in [-0.2, -0.15) is 8.42 Å². The molecule has 0 radical (unpaired) electrons. The molecule has 10 heteroatoms. The van der Waals surface area contributed by atoms with Gasteiger partial charge in [-0.1, -0.05) is 5.21 Å². The minimum absolute atomic E-state index is 0.0964. The lowest BCUT2D eigenvalue weighted by atomic mass is 10.1. The van der Waals surface area contributed by atoms with Crippen LogP contribution in [0.2, 0.25) is 0 Å². The average Bonchev–Trinajstić information content (AvgIpc) is 2.71. The largest absolute Gasteiger partial charge is 0.366 e. The summed E-state index contributed by atoms with van der Waals surface area (Å²) in [6.07, 6.45) is 0. The van der Waals surface area contributed by atoms with E-state index in [1.54, 1.807) is 6.92 Å². The Balaban J connectivity index is 2.40. The van der Waals surface area contributed by atoms with E-state index in [2.05, 4.69) is 31.0 Å². The Morgan fingerprint density at radius 3 is 2.57 bits per heavy atom. The van der Waals surface area contributed by atoms with Crippen LogP contribution in [0.25, 0.3) is 0 Å². The number of hydrogen-bond donors (Lipinski definition) is 2. The zero-order chi connectivity index (χ0) is 15.8. The summed E-state index contributed by atoms with van der Waals surface area (Å²) in [5, 5.41) is 7.16. The third-order valence-electron chi connectivity index (χ3n) is 2.75. The number of anilines is 1. The van der Waals surface area contributed by atoms with E-state index in [0.717, 1.165) is 4.68 Å². The number of carbonyl (C=O) groups is 1. The summed E-state index contributed by atoms with van der Waals surface area (Å²) in [4.78, 5) is 11.1. The van der Waals surface area contributed by atoms with Crippen LogP contribution in [0.5, 0.6) is 0 Å². The van der Waals surface area contributed by atoms with Crippen molar-refractivity contribution in [2.24, 2.45) is 12.8 Å². The first-order valence-corrected chi connectivity index (χ1v) is 7.98. The van der Waals surface area contributed by atoms with Crippen LogP contribution in [0.3, 0.4) is 0 Å². The van der Waals surface area contributed by atoms with Crippen LogP contribution in [0.1, 0.15) is 15.9 Å². The number of aryl methyl sites for hydroxylation is 2. The SMILES string of the molecule is Cc1cc(C(N)=O)ccc1NS(=O)(=O)c1c(Br)nnn1C. The Morgan fingerprint density at radius 1 is 1.43 bits per heavy atom. The predicted molar refractivity (Wildman–Crippen MR) is 79.2 cm³/mol. The maximum Gasteiger partial charge on any atom is 0.281 e. The molecule has 0 aliphatic carbocycles. The topological polar surface area (TPSA) is 120 Å². The Morgan fingerprint density at radius 2 is 2.10 bits per heavy atom. The number of hydrogen-bond acceptors (Lipinski definition) is 5. The predicted octanol–water partition coefficient (Wildman–Crippen LogP) is 0.786. The van der Waals surface area contributed by atoms with E-state index in [0.29, 0.717) is 16.8 Å². The zero-order valence-electron chi connectivity index (χ0n) is 11.2. The summed E-state index contributed by atoms with van der Waals surface area (Å²) < 4.78 is 28.4. The number of carbonyl (C=O) groups excluding carboxylic acids is 1. The van der Waals surface area contributed by atoms with Gasteiger partial charge in [-0.25, -0.2) is 4.68 Å². The van der Waals surface area contributed by atoms with E-state index in [9.17, 15) is 13.2 Å². The molecule has 0 bridgehead atoms. The molecule has 2 rings (SSSR count). The molecule has 112 valence electrons. The van der Waals surface area contributed by atoms with E-state index in [4.69, 9.17) is 5.73 Å². The van der Waals surface area contributed by atoms with Gasteiger partial charge in [0.25, 0.3) is 10.0 Å². The van der Waals surface area contributed by atoms with Gasteiger partial charge >= 0.3 is 0 Å². The van der Waals surface area contributed by atoms with Crippen LogP contribution < -0.4 is 10.5 Å². The summed E-state index contributed by atoms with van der Waals surface area (Å²) >= 11 is 3.04. The van der Waals surface area contributed by atoms with Crippen molar-refractivity contribution in [1.82, 2.24) is 15.0 Å². The second kappa shape index (κ2) is 5.45. The Kier molecular flexibility index (Phi) is 4.01. The maximum absolute atomic E-state index is 12.3. The highest BCUT2D eigenvalue weighted by molar-refractivity contribution is 9.10. The van der Waals surface area contributed by atoms with E-state index in [1.807, 2.05) is 0 Å². The fourth-order valence-electron chi connectivity index (χ4n) is 1.73. The van der Waals surface area contributed by atoms with Crippen LogP contribution in [-0.4, -0.2) is 29.3 Å². The molecule has 0 fully saturated rings. The van der Waals surface area contributed by atoms with Gasteiger partial charge in [0, 0.05) is 12.6 Å². The molecular formula is C11H12BrN5O3S. The number of nitrogens with zero attached hydrogens (tertiary/aromatic N) is 3. The molecule has 0 spiro atoms. The lowest BCUT2D eigenvalue weighted by Crippen LogP contribution is -2.18. The molecule has 0 unspecified atom stereocenters.